The van der Waals surface area contributed by atoms with E-state index < -0.39 is 11.2 Å². The van der Waals surface area contributed by atoms with Gasteiger partial charge in [0.2, 0.25) is 5.43 Å². The predicted octanol–water partition coefficient (Wildman–Crippen LogP) is 2.91. The molecule has 1 aromatic heterocycles. The molecule has 2 N–H and O–H groups in total. The Kier molecular flexibility index (Phi) is 1.91. The maximum atomic E-state index is 13.2. The van der Waals surface area contributed by atoms with E-state index in [1.54, 1.807) is 12.3 Å². The summed E-state index contributed by atoms with van der Waals surface area (Å²) < 4.78 is 13.8. The maximum absolute atomic E-state index is 13.2. The molecule has 0 fully saturated rings. The molecule has 0 amide bonds. The first-order valence-corrected chi connectivity index (χ1v) is 5.44. The van der Waals surface area contributed by atoms with Gasteiger partial charge in [0.15, 0.2) is 5.82 Å². The number of fused-ring (bicyclic) bond motifs is 2. The second kappa shape index (κ2) is 3.18. The molecule has 80 valence electrons. The molecular weight excluding hydrogens is 275 g/mol. The zero-order valence-electron chi connectivity index (χ0n) is 7.97. The molecule has 0 saturated carbocycles. The molecule has 3 aromatic rings. The molecule has 0 saturated heterocycles. The second-order valence-corrected chi connectivity index (χ2v) is 4.33. The Morgan fingerprint density at radius 1 is 1.31 bits per heavy atom. The molecule has 0 spiro atoms. The lowest BCUT2D eigenvalue weighted by Crippen LogP contribution is -2.06. The summed E-state index contributed by atoms with van der Waals surface area (Å²) in [6.07, 6.45) is 1.73. The first-order chi connectivity index (χ1) is 7.68. The summed E-state index contributed by atoms with van der Waals surface area (Å²) in [5.74, 6) is -0.730. The van der Waals surface area contributed by atoms with E-state index in [1.807, 2.05) is 6.07 Å². The fourth-order valence-corrected chi connectivity index (χ4v) is 2.57. The lowest BCUT2D eigenvalue weighted by molar-refractivity contribution is 0.620. The van der Waals surface area contributed by atoms with Gasteiger partial charge in [-0.1, -0.05) is 6.07 Å². The van der Waals surface area contributed by atoms with Gasteiger partial charge in [0.05, 0.1) is 5.52 Å². The number of hydrogen-bond acceptors (Lipinski definition) is 1. The van der Waals surface area contributed by atoms with Gasteiger partial charge < -0.3 is 10.2 Å². The number of aromatic nitrogens is 2. The zero-order valence-corrected chi connectivity index (χ0v) is 9.56. The molecule has 0 bridgehead atoms. The van der Waals surface area contributed by atoms with E-state index in [0.29, 0.717) is 15.2 Å². The number of aromatic amines is 2. The van der Waals surface area contributed by atoms with Crippen molar-refractivity contribution in [3.05, 3.63) is 44.9 Å². The van der Waals surface area contributed by atoms with Crippen LogP contribution in [0.2, 0.25) is 0 Å². The molecule has 5 heteroatoms. The molecule has 0 radical (unpaired) electrons. The Morgan fingerprint density at radius 3 is 2.94 bits per heavy atom. The highest BCUT2D eigenvalue weighted by molar-refractivity contribution is 9.10. The van der Waals surface area contributed by atoms with E-state index in [-0.39, 0.29) is 0 Å². The highest BCUT2D eigenvalue weighted by atomic mass is 79.9. The van der Waals surface area contributed by atoms with E-state index in [0.717, 1.165) is 10.9 Å². The third-order valence-corrected chi connectivity index (χ3v) is 3.43. The Hall–Kier alpha value is -1.62. The van der Waals surface area contributed by atoms with Crippen molar-refractivity contribution in [2.45, 2.75) is 0 Å². The summed E-state index contributed by atoms with van der Waals surface area (Å²) in [5.41, 5.74) is 0.290. The molecule has 3 nitrogen and oxygen atoms in total. The predicted molar refractivity (Wildman–Crippen MR) is 64.1 cm³/mol. The molecule has 1 heterocycles. The van der Waals surface area contributed by atoms with E-state index in [2.05, 4.69) is 26.1 Å². The molecule has 2 aromatic carbocycles. The van der Waals surface area contributed by atoms with Crippen LogP contribution in [-0.2, 0) is 0 Å². The van der Waals surface area contributed by atoms with Crippen LogP contribution < -0.4 is 5.43 Å². The van der Waals surface area contributed by atoms with Gasteiger partial charge in [-0.15, -0.1) is 0 Å². The van der Waals surface area contributed by atoms with Crippen LogP contribution in [-0.4, -0.2) is 10.2 Å². The number of benzene rings is 2. The maximum Gasteiger partial charge on any atom is 0.223 e. The van der Waals surface area contributed by atoms with Gasteiger partial charge in [0.1, 0.15) is 0 Å². The monoisotopic (exact) mass is 280 g/mol. The van der Waals surface area contributed by atoms with Gasteiger partial charge >= 0.3 is 0 Å². The lowest BCUT2D eigenvalue weighted by Gasteiger charge is -2.01. The summed E-state index contributed by atoms with van der Waals surface area (Å²) in [4.78, 5) is 11.7. The second-order valence-electron chi connectivity index (χ2n) is 3.54. The Labute approximate surface area is 97.4 Å². The smallest absolute Gasteiger partial charge is 0.223 e. The van der Waals surface area contributed by atoms with Crippen molar-refractivity contribution in [3.8, 4) is 0 Å². The van der Waals surface area contributed by atoms with Crippen molar-refractivity contribution < 1.29 is 4.39 Å². The van der Waals surface area contributed by atoms with Crippen molar-refractivity contribution in [2.24, 2.45) is 0 Å². The number of H-pyrrole nitrogens is 2. The lowest BCUT2D eigenvalue weighted by atomic mass is 10.1. The topological polar surface area (TPSA) is 48.6 Å². The average Bonchev–Trinajstić information content (AvgIpc) is 2.72. The number of nitrogens with one attached hydrogen (secondary N) is 2. The molecule has 0 aliphatic rings. The van der Waals surface area contributed by atoms with Crippen molar-refractivity contribution in [1.29, 1.82) is 0 Å². The van der Waals surface area contributed by atoms with Crippen LogP contribution in [0, 0.1) is 5.82 Å². The molecular formula is C11H6BrFN2O. The summed E-state index contributed by atoms with van der Waals surface area (Å²) in [5, 5.41) is 7.69. The van der Waals surface area contributed by atoms with E-state index in [1.165, 1.54) is 6.07 Å². The zero-order chi connectivity index (χ0) is 11.3. The highest BCUT2D eigenvalue weighted by Crippen LogP contribution is 2.29. The van der Waals surface area contributed by atoms with Crippen LogP contribution >= 0.6 is 15.9 Å². The number of hydrogen-bond donors (Lipinski definition) is 2. The minimum absolute atomic E-state index is 0.375. The Balaban J connectivity index is 2.68. The van der Waals surface area contributed by atoms with Crippen molar-refractivity contribution in [1.82, 2.24) is 10.2 Å². The third kappa shape index (κ3) is 1.15. The van der Waals surface area contributed by atoms with Gasteiger partial charge in [-0.3, -0.25) is 4.79 Å². The number of rotatable bonds is 0. The van der Waals surface area contributed by atoms with Crippen LogP contribution in [0.15, 0.2) is 33.7 Å². The molecule has 3 rings (SSSR count). The first-order valence-electron chi connectivity index (χ1n) is 4.65. The van der Waals surface area contributed by atoms with Crippen LogP contribution in [0.5, 0.6) is 0 Å². The van der Waals surface area contributed by atoms with E-state index in [4.69, 9.17) is 0 Å². The van der Waals surface area contributed by atoms with Crippen LogP contribution in [0.25, 0.3) is 21.7 Å². The third-order valence-electron chi connectivity index (χ3n) is 2.61. The first kappa shape index (κ1) is 9.59. The van der Waals surface area contributed by atoms with Crippen LogP contribution in [0.4, 0.5) is 4.39 Å². The van der Waals surface area contributed by atoms with E-state index >= 15 is 0 Å². The van der Waals surface area contributed by atoms with Gasteiger partial charge in [-0.2, -0.15) is 0 Å². The van der Waals surface area contributed by atoms with Gasteiger partial charge in [-0.25, -0.2) is 4.39 Å². The fourth-order valence-electron chi connectivity index (χ4n) is 1.84. The van der Waals surface area contributed by atoms with Crippen LogP contribution in [0.1, 0.15) is 0 Å². The Morgan fingerprint density at radius 2 is 2.12 bits per heavy atom. The van der Waals surface area contributed by atoms with Crippen molar-refractivity contribution in [2.75, 3.05) is 0 Å². The fraction of sp³-hybridized carbons (Fsp3) is 0. The SMILES string of the molecule is O=c1c(F)ccc2cc3[nH][nH]cc3c(Br)c12. The normalized spacial score (nSPS) is 11.4. The standard InChI is InChI=1S/C11H6BrFN2O/c12-10-6-4-14-15-8(6)3-5-1-2-7(13)11(16)9(5)10/h1-4,14-15H. The van der Waals surface area contributed by atoms with Gasteiger partial charge in [0.25, 0.3) is 0 Å². The quantitative estimate of drug-likeness (QED) is 0.654. The molecule has 0 aliphatic heterocycles. The van der Waals surface area contributed by atoms with Crippen molar-refractivity contribution >= 4 is 37.6 Å². The summed E-state index contributed by atoms with van der Waals surface area (Å²) in [7, 11) is 0. The molecule has 0 aliphatic carbocycles. The summed E-state index contributed by atoms with van der Waals surface area (Å²) in [6, 6.07) is 4.60. The van der Waals surface area contributed by atoms with Gasteiger partial charge in [0, 0.05) is 21.4 Å². The molecule has 0 atom stereocenters. The average molecular weight is 281 g/mol. The number of halogens is 2. The minimum atomic E-state index is -0.730. The largest absolute Gasteiger partial charge is 0.307 e. The Bertz CT molecular complexity index is 760. The summed E-state index contributed by atoms with van der Waals surface area (Å²) >= 11 is 3.34. The van der Waals surface area contributed by atoms with Crippen LogP contribution in [0.3, 0.4) is 0 Å². The van der Waals surface area contributed by atoms with E-state index in [9.17, 15) is 9.18 Å². The molecule has 0 unspecified atom stereocenters. The summed E-state index contributed by atoms with van der Waals surface area (Å²) in [6.45, 7) is 0. The van der Waals surface area contributed by atoms with Crippen molar-refractivity contribution in [3.63, 3.8) is 0 Å². The highest BCUT2D eigenvalue weighted by Gasteiger charge is 2.11. The minimum Gasteiger partial charge on any atom is -0.307 e. The van der Waals surface area contributed by atoms with Gasteiger partial charge in [-0.05, 0) is 33.4 Å². The molecule has 16 heavy (non-hydrogen) atoms.